The van der Waals surface area contributed by atoms with Crippen LogP contribution in [-0.4, -0.2) is 17.0 Å². The Kier molecular flexibility index (Phi) is 4.27. The zero-order valence-corrected chi connectivity index (χ0v) is 8.93. The van der Waals surface area contributed by atoms with Crippen LogP contribution in [0.25, 0.3) is 0 Å². The number of carbonyl (C=O) groups is 2. The highest BCUT2D eigenvalue weighted by Gasteiger charge is 2.02. The number of benzene rings is 1. The molecule has 0 unspecified atom stereocenters. The molecule has 0 spiro atoms. The topological polar surface area (TPSA) is 66.4 Å². The zero-order valence-electron chi connectivity index (χ0n) is 8.93. The van der Waals surface area contributed by atoms with Gasteiger partial charge in [0.15, 0.2) is 0 Å². The van der Waals surface area contributed by atoms with Gasteiger partial charge in [-0.1, -0.05) is 25.1 Å². The number of hydrogen-bond acceptors (Lipinski definition) is 2. The van der Waals surface area contributed by atoms with E-state index in [1.165, 1.54) is 0 Å². The van der Waals surface area contributed by atoms with Gasteiger partial charge in [0.05, 0.1) is 0 Å². The normalized spacial score (nSPS) is 10.3. The highest BCUT2D eigenvalue weighted by molar-refractivity contribution is 6.02. The molecule has 0 aromatic heterocycles. The van der Waals surface area contributed by atoms with Crippen molar-refractivity contribution < 1.29 is 14.7 Å². The molecule has 1 rings (SSSR count). The third-order valence-corrected chi connectivity index (χ3v) is 2.03. The SMILES string of the molecule is CCc1ccccc1NC(=O)/C=C/C(=O)O. The maximum absolute atomic E-state index is 11.3. The van der Waals surface area contributed by atoms with E-state index in [0.29, 0.717) is 5.69 Å². The minimum Gasteiger partial charge on any atom is -0.478 e. The highest BCUT2D eigenvalue weighted by Crippen LogP contribution is 2.15. The molecule has 0 aliphatic heterocycles. The fraction of sp³-hybridized carbons (Fsp3) is 0.167. The van der Waals surface area contributed by atoms with Crippen LogP contribution < -0.4 is 5.32 Å². The van der Waals surface area contributed by atoms with Crippen LogP contribution in [-0.2, 0) is 16.0 Å². The quantitative estimate of drug-likeness (QED) is 0.759. The maximum atomic E-state index is 11.3. The Bertz CT molecular complexity index is 424. The van der Waals surface area contributed by atoms with E-state index in [1.807, 2.05) is 25.1 Å². The van der Waals surface area contributed by atoms with E-state index >= 15 is 0 Å². The lowest BCUT2D eigenvalue weighted by Crippen LogP contribution is -2.10. The van der Waals surface area contributed by atoms with Crippen molar-refractivity contribution in [2.45, 2.75) is 13.3 Å². The Hall–Kier alpha value is -2.10. The number of rotatable bonds is 4. The predicted octanol–water partition coefficient (Wildman–Crippen LogP) is 1.83. The number of carboxylic acids is 1. The average molecular weight is 219 g/mol. The summed E-state index contributed by atoms with van der Waals surface area (Å²) in [5, 5.41) is 11.0. The van der Waals surface area contributed by atoms with Gasteiger partial charge in [-0.2, -0.15) is 0 Å². The second kappa shape index (κ2) is 5.70. The van der Waals surface area contributed by atoms with Crippen LogP contribution in [0.1, 0.15) is 12.5 Å². The summed E-state index contributed by atoms with van der Waals surface area (Å²) >= 11 is 0. The van der Waals surface area contributed by atoms with Crippen LogP contribution in [0.2, 0.25) is 0 Å². The molecule has 0 heterocycles. The van der Waals surface area contributed by atoms with Crippen molar-refractivity contribution in [1.82, 2.24) is 0 Å². The third-order valence-electron chi connectivity index (χ3n) is 2.03. The first-order chi connectivity index (χ1) is 7.63. The Balaban J connectivity index is 2.73. The van der Waals surface area contributed by atoms with Gasteiger partial charge in [0.1, 0.15) is 0 Å². The van der Waals surface area contributed by atoms with Crippen LogP contribution in [0.4, 0.5) is 5.69 Å². The second-order valence-electron chi connectivity index (χ2n) is 3.17. The standard InChI is InChI=1S/C12H13NO3/c1-2-9-5-3-4-6-10(9)13-11(14)7-8-12(15)16/h3-8H,2H2,1H3,(H,13,14)(H,15,16)/b8-7+. The van der Waals surface area contributed by atoms with Crippen molar-refractivity contribution in [2.75, 3.05) is 5.32 Å². The molecular formula is C12H13NO3. The largest absolute Gasteiger partial charge is 0.478 e. The van der Waals surface area contributed by atoms with Crippen LogP contribution >= 0.6 is 0 Å². The van der Waals surface area contributed by atoms with Crippen molar-refractivity contribution in [3.05, 3.63) is 42.0 Å². The van der Waals surface area contributed by atoms with Crippen molar-refractivity contribution in [3.8, 4) is 0 Å². The third kappa shape index (κ3) is 3.57. The lowest BCUT2D eigenvalue weighted by molar-refractivity contribution is -0.131. The lowest BCUT2D eigenvalue weighted by atomic mass is 10.1. The van der Waals surface area contributed by atoms with E-state index in [2.05, 4.69) is 5.32 Å². The fourth-order valence-corrected chi connectivity index (χ4v) is 1.27. The van der Waals surface area contributed by atoms with Crippen molar-refractivity contribution >= 4 is 17.6 Å². The molecule has 0 radical (unpaired) electrons. The molecule has 1 amide bonds. The summed E-state index contributed by atoms with van der Waals surface area (Å²) in [5.41, 5.74) is 1.73. The van der Waals surface area contributed by atoms with Gasteiger partial charge < -0.3 is 10.4 Å². The van der Waals surface area contributed by atoms with Crippen LogP contribution in [0.5, 0.6) is 0 Å². The van der Waals surface area contributed by atoms with Crippen LogP contribution in [0.3, 0.4) is 0 Å². The lowest BCUT2D eigenvalue weighted by Gasteiger charge is -2.07. The van der Waals surface area contributed by atoms with E-state index in [0.717, 1.165) is 24.1 Å². The van der Waals surface area contributed by atoms with Gasteiger partial charge in [-0.15, -0.1) is 0 Å². The number of aryl methyl sites for hydroxylation is 1. The molecule has 0 saturated carbocycles. The van der Waals surface area contributed by atoms with E-state index in [9.17, 15) is 9.59 Å². The molecule has 0 saturated heterocycles. The molecule has 0 aliphatic carbocycles. The van der Waals surface area contributed by atoms with Gasteiger partial charge in [-0.05, 0) is 18.1 Å². The molecule has 4 nitrogen and oxygen atoms in total. The summed E-state index contributed by atoms with van der Waals surface area (Å²) in [7, 11) is 0. The number of aliphatic carboxylic acids is 1. The second-order valence-corrected chi connectivity index (χ2v) is 3.17. The first kappa shape index (κ1) is 12.0. The number of anilines is 1. The first-order valence-electron chi connectivity index (χ1n) is 4.93. The molecule has 0 fully saturated rings. The van der Waals surface area contributed by atoms with Gasteiger partial charge in [-0.25, -0.2) is 4.79 Å². The smallest absolute Gasteiger partial charge is 0.328 e. The van der Waals surface area contributed by atoms with E-state index in [-0.39, 0.29) is 0 Å². The summed E-state index contributed by atoms with van der Waals surface area (Å²) in [6.07, 6.45) is 2.61. The Labute approximate surface area is 93.6 Å². The number of para-hydroxylation sites is 1. The molecule has 16 heavy (non-hydrogen) atoms. The molecule has 1 aromatic carbocycles. The van der Waals surface area contributed by atoms with Gasteiger partial charge in [0, 0.05) is 17.8 Å². The highest BCUT2D eigenvalue weighted by atomic mass is 16.4. The fourth-order valence-electron chi connectivity index (χ4n) is 1.27. The number of carboxylic acid groups (broad SMARTS) is 1. The Morgan fingerprint density at radius 1 is 1.31 bits per heavy atom. The molecule has 0 aliphatic rings. The molecule has 4 heteroatoms. The molecule has 0 atom stereocenters. The van der Waals surface area contributed by atoms with Crippen LogP contribution in [0, 0.1) is 0 Å². The van der Waals surface area contributed by atoms with Crippen molar-refractivity contribution in [3.63, 3.8) is 0 Å². The summed E-state index contributed by atoms with van der Waals surface area (Å²) in [6.45, 7) is 1.98. The molecule has 2 N–H and O–H groups in total. The van der Waals surface area contributed by atoms with Crippen molar-refractivity contribution in [1.29, 1.82) is 0 Å². The predicted molar refractivity (Wildman–Crippen MR) is 61.2 cm³/mol. The van der Waals surface area contributed by atoms with Gasteiger partial charge in [-0.3, -0.25) is 4.79 Å². The van der Waals surface area contributed by atoms with E-state index in [1.54, 1.807) is 6.07 Å². The molecule has 0 bridgehead atoms. The van der Waals surface area contributed by atoms with E-state index < -0.39 is 11.9 Å². The van der Waals surface area contributed by atoms with Gasteiger partial charge >= 0.3 is 5.97 Å². The molecule has 84 valence electrons. The molecular weight excluding hydrogens is 206 g/mol. The maximum Gasteiger partial charge on any atom is 0.328 e. The number of nitrogens with one attached hydrogen (secondary N) is 1. The number of hydrogen-bond donors (Lipinski definition) is 2. The molecule has 1 aromatic rings. The number of carbonyl (C=O) groups excluding carboxylic acids is 1. The number of amides is 1. The summed E-state index contributed by atoms with van der Waals surface area (Å²) < 4.78 is 0. The summed E-state index contributed by atoms with van der Waals surface area (Å²) in [5.74, 6) is -1.58. The first-order valence-corrected chi connectivity index (χ1v) is 4.93. The van der Waals surface area contributed by atoms with E-state index in [4.69, 9.17) is 5.11 Å². The van der Waals surface area contributed by atoms with Gasteiger partial charge in [0.2, 0.25) is 5.91 Å². The van der Waals surface area contributed by atoms with Crippen LogP contribution in [0.15, 0.2) is 36.4 Å². The summed E-state index contributed by atoms with van der Waals surface area (Å²) in [4.78, 5) is 21.5. The average Bonchev–Trinajstić information content (AvgIpc) is 2.27. The zero-order chi connectivity index (χ0) is 12.0. The van der Waals surface area contributed by atoms with Crippen molar-refractivity contribution in [2.24, 2.45) is 0 Å². The minimum absolute atomic E-state index is 0.441. The van der Waals surface area contributed by atoms with Gasteiger partial charge in [0.25, 0.3) is 0 Å². The monoisotopic (exact) mass is 219 g/mol. The minimum atomic E-state index is -1.14. The Morgan fingerprint density at radius 3 is 2.62 bits per heavy atom. The summed E-state index contributed by atoms with van der Waals surface area (Å²) in [6, 6.07) is 7.40. The Morgan fingerprint density at radius 2 is 2.00 bits per heavy atom.